The van der Waals surface area contributed by atoms with Crippen molar-refractivity contribution < 1.29 is 8.81 Å². The maximum atomic E-state index is 14.2. The van der Waals surface area contributed by atoms with Crippen LogP contribution in [0.4, 0.5) is 4.39 Å². The molecule has 1 N–H and O–H groups in total. The van der Waals surface area contributed by atoms with Crippen LogP contribution in [-0.2, 0) is 0 Å². The SMILES string of the molecule is CCNC(c1ccoc1)c1c(C)cc(C)cc1F. The van der Waals surface area contributed by atoms with Crippen LogP contribution in [0.5, 0.6) is 0 Å². The molecule has 0 spiro atoms. The molecule has 1 heterocycles. The Hall–Kier alpha value is -1.61. The van der Waals surface area contributed by atoms with Gasteiger partial charge in [0.05, 0.1) is 18.6 Å². The number of hydrogen-bond donors (Lipinski definition) is 1. The van der Waals surface area contributed by atoms with Crippen molar-refractivity contribution >= 4 is 0 Å². The van der Waals surface area contributed by atoms with Gasteiger partial charge in [0.15, 0.2) is 0 Å². The Labute approximate surface area is 107 Å². The van der Waals surface area contributed by atoms with Crippen LogP contribution >= 0.6 is 0 Å². The van der Waals surface area contributed by atoms with Gasteiger partial charge < -0.3 is 9.73 Å². The molecule has 0 saturated heterocycles. The highest BCUT2D eigenvalue weighted by Gasteiger charge is 2.20. The van der Waals surface area contributed by atoms with Crippen molar-refractivity contribution in [1.82, 2.24) is 5.32 Å². The third kappa shape index (κ3) is 2.46. The maximum absolute atomic E-state index is 14.2. The van der Waals surface area contributed by atoms with Crippen molar-refractivity contribution in [2.75, 3.05) is 6.54 Å². The Morgan fingerprint density at radius 1 is 1.33 bits per heavy atom. The molecule has 96 valence electrons. The van der Waals surface area contributed by atoms with Gasteiger partial charge >= 0.3 is 0 Å². The van der Waals surface area contributed by atoms with Gasteiger partial charge in [0.2, 0.25) is 0 Å². The number of halogens is 1. The second kappa shape index (κ2) is 5.36. The molecule has 3 heteroatoms. The second-order valence-electron chi connectivity index (χ2n) is 4.52. The molecule has 2 aromatic rings. The lowest BCUT2D eigenvalue weighted by Crippen LogP contribution is -2.23. The molecule has 2 nitrogen and oxygen atoms in total. The molecular formula is C15H18FNO. The molecule has 1 unspecified atom stereocenters. The molecule has 0 aliphatic rings. The Kier molecular flexibility index (Phi) is 3.82. The van der Waals surface area contributed by atoms with E-state index in [1.165, 1.54) is 0 Å². The van der Waals surface area contributed by atoms with Crippen LogP contribution < -0.4 is 5.32 Å². The predicted molar refractivity (Wildman–Crippen MR) is 70.1 cm³/mol. The van der Waals surface area contributed by atoms with Crippen LogP contribution in [-0.4, -0.2) is 6.54 Å². The van der Waals surface area contributed by atoms with E-state index >= 15 is 0 Å². The van der Waals surface area contributed by atoms with E-state index < -0.39 is 0 Å². The normalized spacial score (nSPS) is 12.7. The predicted octanol–water partition coefficient (Wildman–Crippen LogP) is 3.73. The zero-order valence-electron chi connectivity index (χ0n) is 11.0. The maximum Gasteiger partial charge on any atom is 0.128 e. The van der Waals surface area contributed by atoms with Gasteiger partial charge in [-0.1, -0.05) is 13.0 Å². The molecule has 0 aliphatic heterocycles. The van der Waals surface area contributed by atoms with Crippen LogP contribution in [0.15, 0.2) is 35.1 Å². The van der Waals surface area contributed by atoms with Crippen LogP contribution in [0.2, 0.25) is 0 Å². The van der Waals surface area contributed by atoms with E-state index in [1.807, 2.05) is 32.9 Å². The summed E-state index contributed by atoms with van der Waals surface area (Å²) in [5.41, 5.74) is 3.54. The first-order chi connectivity index (χ1) is 8.63. The van der Waals surface area contributed by atoms with E-state index in [0.29, 0.717) is 5.56 Å². The molecule has 1 aromatic carbocycles. The summed E-state index contributed by atoms with van der Waals surface area (Å²) in [6, 6.07) is 5.29. The lowest BCUT2D eigenvalue weighted by molar-refractivity contribution is 0.536. The minimum Gasteiger partial charge on any atom is -0.472 e. The summed E-state index contributed by atoms with van der Waals surface area (Å²) in [7, 11) is 0. The van der Waals surface area contributed by atoms with Gasteiger partial charge in [-0.2, -0.15) is 0 Å². The third-order valence-corrected chi connectivity index (χ3v) is 3.05. The minimum absolute atomic E-state index is 0.158. The smallest absolute Gasteiger partial charge is 0.128 e. The quantitative estimate of drug-likeness (QED) is 0.890. The number of rotatable bonds is 4. The molecule has 0 saturated carbocycles. The summed E-state index contributed by atoms with van der Waals surface area (Å²) >= 11 is 0. The molecular weight excluding hydrogens is 229 g/mol. The van der Waals surface area contributed by atoms with Crippen LogP contribution in [0.25, 0.3) is 0 Å². The van der Waals surface area contributed by atoms with E-state index in [0.717, 1.165) is 23.2 Å². The Morgan fingerprint density at radius 2 is 2.11 bits per heavy atom. The molecule has 0 fully saturated rings. The topological polar surface area (TPSA) is 25.2 Å². The minimum atomic E-state index is -0.167. The van der Waals surface area contributed by atoms with Crippen molar-refractivity contribution in [2.45, 2.75) is 26.8 Å². The molecule has 1 atom stereocenters. The first-order valence-electron chi connectivity index (χ1n) is 6.15. The second-order valence-corrected chi connectivity index (χ2v) is 4.52. The van der Waals surface area contributed by atoms with Crippen molar-refractivity contribution in [3.05, 3.63) is 58.8 Å². The van der Waals surface area contributed by atoms with Crippen LogP contribution in [0.1, 0.15) is 35.2 Å². The fraction of sp³-hybridized carbons (Fsp3) is 0.333. The van der Waals surface area contributed by atoms with Gasteiger partial charge in [0.25, 0.3) is 0 Å². The number of furan rings is 1. The first kappa shape index (κ1) is 12.8. The molecule has 0 amide bonds. The molecule has 1 aromatic heterocycles. The average molecular weight is 247 g/mol. The van der Waals surface area contributed by atoms with Crippen molar-refractivity contribution in [2.24, 2.45) is 0 Å². The van der Waals surface area contributed by atoms with E-state index in [4.69, 9.17) is 4.42 Å². The number of aryl methyl sites for hydroxylation is 2. The lowest BCUT2D eigenvalue weighted by atomic mass is 9.94. The summed E-state index contributed by atoms with van der Waals surface area (Å²) in [5, 5.41) is 3.30. The van der Waals surface area contributed by atoms with E-state index in [1.54, 1.807) is 18.6 Å². The van der Waals surface area contributed by atoms with Gasteiger partial charge in [-0.3, -0.25) is 0 Å². The standard InChI is InChI=1S/C15H18FNO/c1-4-17-15(12-5-6-18-9-12)14-11(3)7-10(2)8-13(14)16/h5-9,15,17H,4H2,1-3H3. The summed E-state index contributed by atoms with van der Waals surface area (Å²) in [6.07, 6.45) is 3.27. The average Bonchev–Trinajstić information content (AvgIpc) is 2.79. The molecule has 0 bridgehead atoms. The highest BCUT2D eigenvalue weighted by molar-refractivity contribution is 5.39. The van der Waals surface area contributed by atoms with Crippen molar-refractivity contribution in [3.8, 4) is 0 Å². The molecule has 2 rings (SSSR count). The zero-order valence-corrected chi connectivity index (χ0v) is 11.0. The van der Waals surface area contributed by atoms with E-state index in [-0.39, 0.29) is 11.9 Å². The first-order valence-corrected chi connectivity index (χ1v) is 6.15. The highest BCUT2D eigenvalue weighted by atomic mass is 19.1. The van der Waals surface area contributed by atoms with Gasteiger partial charge in [-0.05, 0) is 43.7 Å². The van der Waals surface area contributed by atoms with E-state index in [2.05, 4.69) is 5.32 Å². The zero-order chi connectivity index (χ0) is 13.1. The van der Waals surface area contributed by atoms with Crippen LogP contribution in [0.3, 0.4) is 0 Å². The summed E-state index contributed by atoms with van der Waals surface area (Å²) in [6.45, 7) is 6.62. The monoisotopic (exact) mass is 247 g/mol. The van der Waals surface area contributed by atoms with E-state index in [9.17, 15) is 4.39 Å². The van der Waals surface area contributed by atoms with Crippen LogP contribution in [0, 0.1) is 19.7 Å². The van der Waals surface area contributed by atoms with Gasteiger partial charge in [0.1, 0.15) is 5.82 Å². The Balaban J connectivity index is 2.49. The molecule has 0 radical (unpaired) electrons. The van der Waals surface area contributed by atoms with Gasteiger partial charge in [0, 0.05) is 11.1 Å². The lowest BCUT2D eigenvalue weighted by Gasteiger charge is -2.20. The number of hydrogen-bond acceptors (Lipinski definition) is 2. The Bertz CT molecular complexity index is 496. The summed E-state index contributed by atoms with van der Waals surface area (Å²) in [5.74, 6) is -0.167. The van der Waals surface area contributed by atoms with Gasteiger partial charge in [-0.25, -0.2) is 4.39 Å². The summed E-state index contributed by atoms with van der Waals surface area (Å²) in [4.78, 5) is 0. The number of benzene rings is 1. The van der Waals surface area contributed by atoms with Gasteiger partial charge in [-0.15, -0.1) is 0 Å². The fourth-order valence-electron chi connectivity index (χ4n) is 2.32. The van der Waals surface area contributed by atoms with Crippen molar-refractivity contribution in [1.29, 1.82) is 0 Å². The largest absolute Gasteiger partial charge is 0.472 e. The van der Waals surface area contributed by atoms with Crippen molar-refractivity contribution in [3.63, 3.8) is 0 Å². The third-order valence-electron chi connectivity index (χ3n) is 3.05. The summed E-state index contributed by atoms with van der Waals surface area (Å²) < 4.78 is 19.3. The number of nitrogens with one attached hydrogen (secondary N) is 1. The highest BCUT2D eigenvalue weighted by Crippen LogP contribution is 2.28. The fourth-order valence-corrected chi connectivity index (χ4v) is 2.32. The molecule has 0 aliphatic carbocycles. The Morgan fingerprint density at radius 3 is 2.67 bits per heavy atom. The molecule has 18 heavy (non-hydrogen) atoms.